The smallest absolute Gasteiger partial charge is 0.338 e. The van der Waals surface area contributed by atoms with Crippen molar-refractivity contribution >= 4 is 17.6 Å². The zero-order chi connectivity index (χ0) is 15.4. The first-order valence-corrected chi connectivity index (χ1v) is 7.34. The quantitative estimate of drug-likeness (QED) is 0.658. The monoisotopic (exact) mass is 290 g/mol. The van der Waals surface area contributed by atoms with Crippen LogP contribution in [-0.2, 0) is 9.53 Å². The predicted molar refractivity (Wildman–Crippen MR) is 80.9 cm³/mol. The molecule has 21 heavy (non-hydrogen) atoms. The molecule has 2 rings (SSSR count). The molecule has 1 amide bonds. The maximum atomic E-state index is 12.0. The minimum absolute atomic E-state index is 0.216. The Morgan fingerprint density at radius 2 is 1.95 bits per heavy atom. The van der Waals surface area contributed by atoms with Crippen LogP contribution in [0.25, 0.3) is 0 Å². The van der Waals surface area contributed by atoms with E-state index in [4.69, 9.17) is 10.5 Å². The number of aryl methyl sites for hydroxylation is 1. The summed E-state index contributed by atoms with van der Waals surface area (Å²) in [6, 6.07) is 5.23. The molecule has 0 aliphatic heterocycles. The first-order valence-electron chi connectivity index (χ1n) is 7.34. The van der Waals surface area contributed by atoms with E-state index in [1.807, 2.05) is 6.92 Å². The predicted octanol–water partition coefficient (Wildman–Crippen LogP) is 2.18. The molecule has 5 heteroatoms. The van der Waals surface area contributed by atoms with Gasteiger partial charge >= 0.3 is 5.97 Å². The highest BCUT2D eigenvalue weighted by molar-refractivity contribution is 5.93. The third kappa shape index (κ3) is 4.21. The molecule has 0 bridgehead atoms. The van der Waals surface area contributed by atoms with Crippen LogP contribution in [0.5, 0.6) is 0 Å². The third-order valence-electron chi connectivity index (χ3n) is 3.69. The van der Waals surface area contributed by atoms with Crippen LogP contribution in [0.3, 0.4) is 0 Å². The molecule has 1 aliphatic rings. The van der Waals surface area contributed by atoms with Gasteiger partial charge in [-0.15, -0.1) is 0 Å². The van der Waals surface area contributed by atoms with Gasteiger partial charge in [0.25, 0.3) is 5.91 Å². The van der Waals surface area contributed by atoms with Crippen LogP contribution in [0.1, 0.15) is 48.5 Å². The largest absolute Gasteiger partial charge is 0.449 e. The minimum Gasteiger partial charge on any atom is -0.449 e. The molecular weight excluding hydrogens is 268 g/mol. The topological polar surface area (TPSA) is 81.4 Å². The maximum absolute atomic E-state index is 12.0. The van der Waals surface area contributed by atoms with Crippen LogP contribution in [0.2, 0.25) is 0 Å². The summed E-state index contributed by atoms with van der Waals surface area (Å²) < 4.78 is 5.21. The van der Waals surface area contributed by atoms with Gasteiger partial charge in [0, 0.05) is 11.7 Å². The van der Waals surface area contributed by atoms with E-state index in [1.54, 1.807) is 25.1 Å². The lowest BCUT2D eigenvalue weighted by molar-refractivity contribution is -0.129. The summed E-state index contributed by atoms with van der Waals surface area (Å²) in [4.78, 5) is 24.0. The van der Waals surface area contributed by atoms with E-state index in [1.165, 1.54) is 0 Å². The van der Waals surface area contributed by atoms with Gasteiger partial charge in [0.05, 0.1) is 5.56 Å². The van der Waals surface area contributed by atoms with Gasteiger partial charge in [0.2, 0.25) is 0 Å². The number of hydrogen-bond acceptors (Lipinski definition) is 4. The fourth-order valence-electron chi connectivity index (χ4n) is 2.60. The Hall–Kier alpha value is -2.04. The van der Waals surface area contributed by atoms with E-state index in [-0.39, 0.29) is 11.9 Å². The minimum atomic E-state index is -0.806. The number of amides is 1. The van der Waals surface area contributed by atoms with Gasteiger partial charge in [0.15, 0.2) is 6.10 Å². The maximum Gasteiger partial charge on any atom is 0.338 e. The number of carbonyl (C=O) groups is 2. The fourth-order valence-corrected chi connectivity index (χ4v) is 2.60. The number of hydrogen-bond donors (Lipinski definition) is 2. The molecule has 3 N–H and O–H groups in total. The van der Waals surface area contributed by atoms with E-state index in [9.17, 15) is 9.59 Å². The van der Waals surface area contributed by atoms with Crippen LogP contribution in [0.15, 0.2) is 18.2 Å². The van der Waals surface area contributed by atoms with Crippen LogP contribution in [-0.4, -0.2) is 24.0 Å². The molecule has 0 spiro atoms. The molecule has 0 radical (unpaired) electrons. The average Bonchev–Trinajstić information content (AvgIpc) is 2.90. The Morgan fingerprint density at radius 3 is 2.57 bits per heavy atom. The molecule has 1 fully saturated rings. The van der Waals surface area contributed by atoms with E-state index in [2.05, 4.69) is 5.32 Å². The summed E-state index contributed by atoms with van der Waals surface area (Å²) in [5.74, 6) is -0.768. The Labute approximate surface area is 124 Å². The van der Waals surface area contributed by atoms with Crippen molar-refractivity contribution < 1.29 is 14.3 Å². The molecule has 1 saturated carbocycles. The van der Waals surface area contributed by atoms with E-state index >= 15 is 0 Å². The number of benzene rings is 1. The third-order valence-corrected chi connectivity index (χ3v) is 3.69. The Morgan fingerprint density at radius 1 is 1.29 bits per heavy atom. The molecular formula is C16H22N2O3. The standard InChI is InChI=1S/C16H22N2O3/c1-10-7-12(9-13(17)8-10)16(20)21-11(2)15(19)18-14-5-3-4-6-14/h7-9,11,14H,3-6,17H2,1-2H3,(H,18,19). The molecule has 5 nitrogen and oxygen atoms in total. The highest BCUT2D eigenvalue weighted by atomic mass is 16.5. The summed E-state index contributed by atoms with van der Waals surface area (Å²) in [5.41, 5.74) is 7.46. The second kappa shape index (κ2) is 6.61. The zero-order valence-electron chi connectivity index (χ0n) is 12.5. The first-order chi connectivity index (χ1) is 9.95. The lowest BCUT2D eigenvalue weighted by Crippen LogP contribution is -2.40. The second-order valence-corrected chi connectivity index (χ2v) is 5.67. The molecule has 0 saturated heterocycles. The van der Waals surface area contributed by atoms with E-state index in [0.29, 0.717) is 11.3 Å². The van der Waals surface area contributed by atoms with Gasteiger partial charge in [-0.25, -0.2) is 4.79 Å². The summed E-state index contributed by atoms with van der Waals surface area (Å²) >= 11 is 0. The number of ether oxygens (including phenoxy) is 1. The lowest BCUT2D eigenvalue weighted by Gasteiger charge is -2.17. The van der Waals surface area contributed by atoms with Crippen molar-refractivity contribution in [2.75, 3.05) is 5.73 Å². The number of nitrogen functional groups attached to an aromatic ring is 1. The average molecular weight is 290 g/mol. The summed E-state index contributed by atoms with van der Waals surface area (Å²) in [6.45, 7) is 3.44. The van der Waals surface area contributed by atoms with Gasteiger partial charge in [-0.2, -0.15) is 0 Å². The van der Waals surface area contributed by atoms with Gasteiger partial charge < -0.3 is 15.8 Å². The number of carbonyl (C=O) groups excluding carboxylic acids is 2. The second-order valence-electron chi connectivity index (χ2n) is 5.67. The van der Waals surface area contributed by atoms with Crippen molar-refractivity contribution in [1.29, 1.82) is 0 Å². The van der Waals surface area contributed by atoms with Crippen molar-refractivity contribution in [1.82, 2.24) is 5.32 Å². The van der Waals surface area contributed by atoms with Crippen molar-refractivity contribution in [3.8, 4) is 0 Å². The fraction of sp³-hybridized carbons (Fsp3) is 0.500. The zero-order valence-corrected chi connectivity index (χ0v) is 12.5. The van der Waals surface area contributed by atoms with Gasteiger partial charge in [-0.3, -0.25) is 4.79 Å². The molecule has 1 aromatic rings. The van der Waals surface area contributed by atoms with Crippen LogP contribution < -0.4 is 11.1 Å². The van der Waals surface area contributed by atoms with Gasteiger partial charge in [0.1, 0.15) is 0 Å². The molecule has 1 aromatic carbocycles. The Balaban J connectivity index is 1.93. The van der Waals surface area contributed by atoms with E-state index in [0.717, 1.165) is 31.2 Å². The summed E-state index contributed by atoms with van der Waals surface area (Å²) in [7, 11) is 0. The Kier molecular flexibility index (Phi) is 4.83. The SMILES string of the molecule is Cc1cc(N)cc(C(=O)OC(C)C(=O)NC2CCCC2)c1. The molecule has 0 heterocycles. The number of esters is 1. The lowest BCUT2D eigenvalue weighted by atomic mass is 10.1. The van der Waals surface area contributed by atoms with E-state index < -0.39 is 12.1 Å². The molecule has 114 valence electrons. The molecule has 1 atom stereocenters. The number of rotatable bonds is 4. The van der Waals surface area contributed by atoms with Crippen LogP contribution in [0, 0.1) is 6.92 Å². The normalized spacial score (nSPS) is 16.5. The molecule has 1 aliphatic carbocycles. The van der Waals surface area contributed by atoms with Crippen LogP contribution in [0.4, 0.5) is 5.69 Å². The van der Waals surface area contributed by atoms with Gasteiger partial charge in [-0.05, 0) is 50.5 Å². The summed E-state index contributed by atoms with van der Waals surface area (Å²) in [6.07, 6.45) is 3.48. The highest BCUT2D eigenvalue weighted by Crippen LogP contribution is 2.18. The van der Waals surface area contributed by atoms with Crippen molar-refractivity contribution in [2.24, 2.45) is 0 Å². The van der Waals surface area contributed by atoms with Crippen molar-refractivity contribution in [2.45, 2.75) is 51.7 Å². The summed E-state index contributed by atoms with van der Waals surface area (Å²) in [5, 5.41) is 2.92. The first kappa shape index (κ1) is 15.4. The number of anilines is 1. The number of nitrogens with two attached hydrogens (primary N) is 1. The highest BCUT2D eigenvalue weighted by Gasteiger charge is 2.23. The van der Waals surface area contributed by atoms with Crippen LogP contribution >= 0.6 is 0 Å². The van der Waals surface area contributed by atoms with Crippen molar-refractivity contribution in [3.63, 3.8) is 0 Å². The Bertz CT molecular complexity index is 516. The van der Waals surface area contributed by atoms with Crippen molar-refractivity contribution in [3.05, 3.63) is 29.3 Å². The molecule has 1 unspecified atom stereocenters. The van der Waals surface area contributed by atoms with Gasteiger partial charge in [-0.1, -0.05) is 12.8 Å². The molecule has 0 aromatic heterocycles. The number of nitrogens with one attached hydrogen (secondary N) is 1.